The Labute approximate surface area is 92.8 Å². The van der Waals surface area contributed by atoms with Gasteiger partial charge in [0.05, 0.1) is 0 Å². The van der Waals surface area contributed by atoms with Crippen LogP contribution in [0.25, 0.3) is 0 Å². The van der Waals surface area contributed by atoms with Crippen LogP contribution < -0.4 is 0 Å². The molecule has 0 amide bonds. The van der Waals surface area contributed by atoms with Crippen molar-refractivity contribution in [3.63, 3.8) is 0 Å². The third kappa shape index (κ3) is 8.59. The first-order chi connectivity index (χ1) is 4.83. The fraction of sp³-hybridized carbons (Fsp3) is 1.00. The van der Waals surface area contributed by atoms with Crippen molar-refractivity contribution in [2.75, 3.05) is 0 Å². The van der Waals surface area contributed by atoms with Crippen LogP contribution in [-0.2, 0) is 18.4 Å². The van der Waals surface area contributed by atoms with E-state index in [4.69, 9.17) is 5.63 Å². The first-order valence-electron chi connectivity index (χ1n) is 3.57. The van der Waals surface area contributed by atoms with Gasteiger partial charge in [-0.05, 0) is 0 Å². The van der Waals surface area contributed by atoms with Crippen LogP contribution in [0.2, 0.25) is 0 Å². The van der Waals surface area contributed by atoms with Gasteiger partial charge in [-0.15, -0.1) is 0 Å². The van der Waals surface area contributed by atoms with Crippen LogP contribution in [-0.4, -0.2) is 12.2 Å². The molecule has 11 heavy (non-hydrogen) atoms. The van der Waals surface area contributed by atoms with Crippen molar-refractivity contribution >= 4 is 36.1 Å². The SMILES string of the molecule is CC(C)[O][Zr]([I])([I])[O]C(C)C. The molecule has 0 aromatic heterocycles. The molecule has 0 bridgehead atoms. The number of hydrogen-bond donors (Lipinski definition) is 0. The minimum atomic E-state index is -2.59. The quantitative estimate of drug-likeness (QED) is 0.595. The zero-order chi connectivity index (χ0) is 9.07. The van der Waals surface area contributed by atoms with Crippen LogP contribution in [0.5, 0.6) is 0 Å². The molecule has 2 nitrogen and oxygen atoms in total. The van der Waals surface area contributed by atoms with E-state index < -0.39 is 12.8 Å². The molecule has 0 radical (unpaired) electrons. The van der Waals surface area contributed by atoms with Crippen molar-refractivity contribution in [3.05, 3.63) is 0 Å². The average Bonchev–Trinajstić information content (AvgIpc) is 1.53. The van der Waals surface area contributed by atoms with E-state index in [0.29, 0.717) is 12.2 Å². The summed E-state index contributed by atoms with van der Waals surface area (Å²) in [7, 11) is 0. The molecular formula is C6H14I2O2Zr. The molecule has 68 valence electrons. The van der Waals surface area contributed by atoms with Gasteiger partial charge in [-0.3, -0.25) is 0 Å². The summed E-state index contributed by atoms with van der Waals surface area (Å²) < 4.78 is 11.4. The van der Waals surface area contributed by atoms with Crippen molar-refractivity contribution in [3.8, 4) is 0 Å². The zero-order valence-corrected chi connectivity index (χ0v) is 14.0. The van der Waals surface area contributed by atoms with Gasteiger partial charge in [-0.2, -0.15) is 0 Å². The van der Waals surface area contributed by atoms with Crippen LogP contribution in [0.1, 0.15) is 27.7 Å². The van der Waals surface area contributed by atoms with Gasteiger partial charge in [-0.1, -0.05) is 0 Å². The van der Waals surface area contributed by atoms with Crippen molar-refractivity contribution in [1.82, 2.24) is 0 Å². The first-order valence-corrected chi connectivity index (χ1v) is 20.2. The van der Waals surface area contributed by atoms with E-state index >= 15 is 0 Å². The Morgan fingerprint density at radius 3 is 1.36 bits per heavy atom. The van der Waals surface area contributed by atoms with Gasteiger partial charge in [0.25, 0.3) is 0 Å². The molecule has 0 rings (SSSR count). The van der Waals surface area contributed by atoms with Crippen molar-refractivity contribution in [2.24, 2.45) is 0 Å². The Kier molecular flexibility index (Phi) is 7.09. The van der Waals surface area contributed by atoms with Gasteiger partial charge in [0.1, 0.15) is 0 Å². The van der Waals surface area contributed by atoms with E-state index in [1.165, 1.54) is 0 Å². The summed E-state index contributed by atoms with van der Waals surface area (Å²) in [4.78, 5) is 0. The van der Waals surface area contributed by atoms with E-state index in [1.807, 2.05) is 27.7 Å². The van der Waals surface area contributed by atoms with E-state index in [1.54, 1.807) is 0 Å². The monoisotopic (exact) mass is 462 g/mol. The maximum absolute atomic E-state index is 5.71. The molecule has 0 unspecified atom stereocenters. The van der Waals surface area contributed by atoms with Gasteiger partial charge in [0.15, 0.2) is 0 Å². The molecule has 0 aromatic carbocycles. The second-order valence-corrected chi connectivity index (χ2v) is 35.2. The third-order valence-corrected chi connectivity index (χ3v) is 10.4. The molecule has 0 saturated heterocycles. The summed E-state index contributed by atoms with van der Waals surface area (Å²) in [5, 5.41) is 0. The fourth-order valence-electron chi connectivity index (χ4n) is 0.577. The molecule has 0 aliphatic heterocycles. The van der Waals surface area contributed by atoms with Crippen molar-refractivity contribution in [2.45, 2.75) is 39.9 Å². The summed E-state index contributed by atoms with van der Waals surface area (Å²) in [6.45, 7) is 8.19. The maximum atomic E-state index is 5.71. The van der Waals surface area contributed by atoms with E-state index in [9.17, 15) is 0 Å². The van der Waals surface area contributed by atoms with Gasteiger partial charge in [0, 0.05) is 0 Å². The molecule has 0 N–H and O–H groups in total. The van der Waals surface area contributed by atoms with Crippen LogP contribution in [0.3, 0.4) is 0 Å². The number of rotatable bonds is 4. The second kappa shape index (κ2) is 5.88. The summed E-state index contributed by atoms with van der Waals surface area (Å²) in [5.41, 5.74) is 0. The Hall–Kier alpha value is 2.26. The van der Waals surface area contributed by atoms with E-state index in [2.05, 4.69) is 36.1 Å². The van der Waals surface area contributed by atoms with E-state index in [-0.39, 0.29) is 0 Å². The standard InChI is InChI=1S/2C3H7O.2HI.Zr/c2*1-3(2)4;;;/h2*3H,1-2H3;2*1H;/q2*-1;;;+4/p-2. The average molecular weight is 463 g/mol. The predicted molar refractivity (Wildman–Crippen MR) is 60.5 cm³/mol. The van der Waals surface area contributed by atoms with Crippen LogP contribution in [0, 0.1) is 0 Å². The van der Waals surface area contributed by atoms with Gasteiger partial charge in [-0.25, -0.2) is 0 Å². The van der Waals surface area contributed by atoms with Crippen molar-refractivity contribution in [1.29, 1.82) is 0 Å². The van der Waals surface area contributed by atoms with Crippen LogP contribution in [0.4, 0.5) is 0 Å². The fourth-order valence-corrected chi connectivity index (χ4v) is 15.4. The summed E-state index contributed by atoms with van der Waals surface area (Å²) >= 11 is 2.12. The molecule has 0 saturated carbocycles. The molecule has 0 fully saturated rings. The Morgan fingerprint density at radius 2 is 1.18 bits per heavy atom. The molecule has 0 aliphatic rings. The molecule has 0 aromatic rings. The van der Waals surface area contributed by atoms with Crippen LogP contribution >= 0.6 is 36.1 Å². The Bertz CT molecular complexity index is 105. The Morgan fingerprint density at radius 1 is 0.909 bits per heavy atom. The number of halogens is 2. The summed E-state index contributed by atoms with van der Waals surface area (Å²) in [6, 6.07) is 0. The zero-order valence-electron chi connectivity index (χ0n) is 7.23. The van der Waals surface area contributed by atoms with Gasteiger partial charge in [0.2, 0.25) is 0 Å². The number of hydrogen-bond acceptors (Lipinski definition) is 2. The molecule has 0 spiro atoms. The van der Waals surface area contributed by atoms with Gasteiger partial charge >= 0.3 is 94.4 Å². The third-order valence-electron chi connectivity index (χ3n) is 0.746. The topological polar surface area (TPSA) is 18.5 Å². The minimum absolute atomic E-state index is 0.290. The van der Waals surface area contributed by atoms with Crippen molar-refractivity contribution < 1.29 is 18.4 Å². The molecular weight excluding hydrogens is 449 g/mol. The Balaban J connectivity index is 3.79. The normalized spacial score (nSPS) is 13.1. The molecule has 5 heteroatoms. The van der Waals surface area contributed by atoms with E-state index in [0.717, 1.165) is 0 Å². The molecule has 0 aliphatic carbocycles. The molecule has 0 heterocycles. The van der Waals surface area contributed by atoms with Crippen LogP contribution in [0.15, 0.2) is 0 Å². The summed E-state index contributed by atoms with van der Waals surface area (Å²) in [6.07, 6.45) is 0.580. The molecule has 0 atom stereocenters. The second-order valence-electron chi connectivity index (χ2n) is 2.80. The first kappa shape index (κ1) is 13.3. The van der Waals surface area contributed by atoms with Gasteiger partial charge < -0.3 is 0 Å². The predicted octanol–water partition coefficient (Wildman–Crippen LogP) is 3.52. The summed E-state index contributed by atoms with van der Waals surface area (Å²) in [5.74, 6) is 0.